The van der Waals surface area contributed by atoms with Gasteiger partial charge in [0.25, 0.3) is 5.91 Å². The van der Waals surface area contributed by atoms with Crippen molar-refractivity contribution in [2.24, 2.45) is 0 Å². The molecule has 0 atom stereocenters. The van der Waals surface area contributed by atoms with Crippen LogP contribution in [0.3, 0.4) is 0 Å². The van der Waals surface area contributed by atoms with Gasteiger partial charge in [-0.2, -0.15) is 0 Å². The number of methoxy groups -OCH3 is 1. The number of hydrogen-bond acceptors (Lipinski definition) is 5. The van der Waals surface area contributed by atoms with Crippen LogP contribution in [0.4, 0.5) is 11.4 Å². The Labute approximate surface area is 161 Å². The van der Waals surface area contributed by atoms with Crippen LogP contribution in [0.25, 0.3) is 0 Å². The summed E-state index contributed by atoms with van der Waals surface area (Å²) in [5.41, 5.74) is 2.48. The minimum Gasteiger partial charge on any atom is -0.495 e. The standard InChI is InChI=1S/C21H28N4O2/c1-21(2,3)23-17-13-16(14-22-15-17)20(26)25-11-9-24(10-12-25)18-7-5-6-8-19(18)27-4/h5-8,13-15,23H,9-12H2,1-4H3. The second-order valence-electron chi connectivity index (χ2n) is 7.79. The first-order chi connectivity index (χ1) is 12.9. The Morgan fingerprint density at radius 1 is 1.11 bits per heavy atom. The van der Waals surface area contributed by atoms with Gasteiger partial charge in [0.2, 0.25) is 0 Å². The summed E-state index contributed by atoms with van der Waals surface area (Å²) in [4.78, 5) is 21.3. The number of nitrogens with zero attached hydrogens (tertiary/aromatic N) is 3. The molecule has 1 saturated heterocycles. The molecule has 2 heterocycles. The Morgan fingerprint density at radius 3 is 2.48 bits per heavy atom. The molecule has 1 N–H and O–H groups in total. The molecule has 1 aliphatic rings. The fourth-order valence-corrected chi connectivity index (χ4v) is 3.28. The van der Waals surface area contributed by atoms with Crippen LogP contribution < -0.4 is 15.0 Å². The summed E-state index contributed by atoms with van der Waals surface area (Å²) in [6.07, 6.45) is 3.39. The average Bonchev–Trinajstić information content (AvgIpc) is 2.66. The van der Waals surface area contributed by atoms with Crippen LogP contribution in [0.2, 0.25) is 0 Å². The second kappa shape index (κ2) is 7.86. The molecule has 1 amide bonds. The van der Waals surface area contributed by atoms with Gasteiger partial charge in [-0.3, -0.25) is 9.78 Å². The number of hydrogen-bond donors (Lipinski definition) is 1. The molecule has 6 nitrogen and oxygen atoms in total. The van der Waals surface area contributed by atoms with Crippen LogP contribution in [0.1, 0.15) is 31.1 Å². The van der Waals surface area contributed by atoms with E-state index < -0.39 is 0 Å². The van der Waals surface area contributed by atoms with E-state index in [2.05, 4.69) is 42.0 Å². The Hall–Kier alpha value is -2.76. The zero-order chi connectivity index (χ0) is 19.4. The van der Waals surface area contributed by atoms with E-state index in [1.165, 1.54) is 0 Å². The number of ether oxygens (including phenoxy) is 1. The molecular formula is C21H28N4O2. The van der Waals surface area contributed by atoms with Gasteiger partial charge >= 0.3 is 0 Å². The quantitative estimate of drug-likeness (QED) is 0.898. The molecule has 0 aliphatic carbocycles. The van der Waals surface area contributed by atoms with Crippen molar-refractivity contribution >= 4 is 17.3 Å². The zero-order valence-electron chi connectivity index (χ0n) is 16.5. The van der Waals surface area contributed by atoms with Gasteiger partial charge in [-0.1, -0.05) is 12.1 Å². The zero-order valence-corrected chi connectivity index (χ0v) is 16.5. The molecule has 0 saturated carbocycles. The van der Waals surface area contributed by atoms with E-state index in [9.17, 15) is 4.79 Å². The highest BCUT2D eigenvalue weighted by Gasteiger charge is 2.24. The first kappa shape index (κ1) is 19.0. The number of amides is 1. The fraction of sp³-hybridized carbons (Fsp3) is 0.429. The Kier molecular flexibility index (Phi) is 5.54. The third kappa shape index (κ3) is 4.70. The molecule has 1 fully saturated rings. The number of carbonyl (C=O) groups excluding carboxylic acids is 1. The number of pyridine rings is 1. The van der Waals surface area contributed by atoms with Gasteiger partial charge in [0, 0.05) is 44.1 Å². The maximum Gasteiger partial charge on any atom is 0.255 e. The number of para-hydroxylation sites is 2. The number of nitrogens with one attached hydrogen (secondary N) is 1. The molecule has 0 unspecified atom stereocenters. The van der Waals surface area contributed by atoms with Crippen LogP contribution >= 0.6 is 0 Å². The molecule has 1 aliphatic heterocycles. The number of piperazine rings is 1. The minimum absolute atomic E-state index is 0.0275. The van der Waals surface area contributed by atoms with Crippen LogP contribution in [-0.2, 0) is 0 Å². The van der Waals surface area contributed by atoms with Gasteiger partial charge in [-0.25, -0.2) is 0 Å². The monoisotopic (exact) mass is 368 g/mol. The Bertz CT molecular complexity index is 793. The first-order valence-electron chi connectivity index (χ1n) is 9.28. The van der Waals surface area contributed by atoms with Crippen LogP contribution in [0.15, 0.2) is 42.7 Å². The predicted molar refractivity (Wildman–Crippen MR) is 109 cm³/mol. The third-order valence-electron chi connectivity index (χ3n) is 4.50. The van der Waals surface area contributed by atoms with Crippen molar-refractivity contribution < 1.29 is 9.53 Å². The lowest BCUT2D eigenvalue weighted by Crippen LogP contribution is -2.48. The van der Waals surface area contributed by atoms with E-state index in [1.54, 1.807) is 19.5 Å². The van der Waals surface area contributed by atoms with Gasteiger partial charge < -0.3 is 19.9 Å². The van der Waals surface area contributed by atoms with E-state index >= 15 is 0 Å². The molecule has 1 aromatic heterocycles. The van der Waals surface area contributed by atoms with Gasteiger partial charge in [-0.05, 0) is 39.0 Å². The largest absolute Gasteiger partial charge is 0.495 e. The van der Waals surface area contributed by atoms with E-state index in [0.717, 1.165) is 30.2 Å². The third-order valence-corrected chi connectivity index (χ3v) is 4.50. The maximum atomic E-state index is 12.9. The first-order valence-corrected chi connectivity index (χ1v) is 9.28. The van der Waals surface area contributed by atoms with E-state index in [1.807, 2.05) is 29.2 Å². The van der Waals surface area contributed by atoms with E-state index in [4.69, 9.17) is 4.74 Å². The SMILES string of the molecule is COc1ccccc1N1CCN(C(=O)c2cncc(NC(C)(C)C)c2)CC1. The summed E-state index contributed by atoms with van der Waals surface area (Å²) < 4.78 is 5.46. The Balaban J connectivity index is 1.66. The summed E-state index contributed by atoms with van der Waals surface area (Å²) in [6, 6.07) is 9.88. The average molecular weight is 368 g/mol. The summed E-state index contributed by atoms with van der Waals surface area (Å²) >= 11 is 0. The molecule has 27 heavy (non-hydrogen) atoms. The van der Waals surface area contributed by atoms with Crippen LogP contribution in [0, 0.1) is 0 Å². The second-order valence-corrected chi connectivity index (χ2v) is 7.79. The number of anilines is 2. The van der Waals surface area contributed by atoms with Crippen molar-refractivity contribution in [1.29, 1.82) is 0 Å². The van der Waals surface area contributed by atoms with Crippen molar-refractivity contribution in [3.63, 3.8) is 0 Å². The lowest BCUT2D eigenvalue weighted by Gasteiger charge is -2.36. The summed E-state index contributed by atoms with van der Waals surface area (Å²) in [5, 5.41) is 3.37. The van der Waals surface area contributed by atoms with Crippen molar-refractivity contribution in [1.82, 2.24) is 9.88 Å². The molecule has 3 rings (SSSR count). The van der Waals surface area contributed by atoms with Crippen molar-refractivity contribution in [2.75, 3.05) is 43.5 Å². The molecule has 0 radical (unpaired) electrons. The molecule has 0 spiro atoms. The summed E-state index contributed by atoms with van der Waals surface area (Å²) in [6.45, 7) is 9.15. The number of rotatable bonds is 4. The highest BCUT2D eigenvalue weighted by atomic mass is 16.5. The number of aromatic nitrogens is 1. The van der Waals surface area contributed by atoms with Crippen molar-refractivity contribution in [2.45, 2.75) is 26.3 Å². The van der Waals surface area contributed by atoms with Crippen LogP contribution in [0.5, 0.6) is 5.75 Å². The van der Waals surface area contributed by atoms with Gasteiger partial charge in [0.15, 0.2) is 0 Å². The summed E-state index contributed by atoms with van der Waals surface area (Å²) in [7, 11) is 1.68. The lowest BCUT2D eigenvalue weighted by molar-refractivity contribution is 0.0746. The highest BCUT2D eigenvalue weighted by molar-refractivity contribution is 5.95. The topological polar surface area (TPSA) is 57.7 Å². The Morgan fingerprint density at radius 2 is 1.81 bits per heavy atom. The smallest absolute Gasteiger partial charge is 0.255 e. The predicted octanol–water partition coefficient (Wildman–Crippen LogP) is 3.26. The molecule has 0 bridgehead atoms. The molecular weight excluding hydrogens is 340 g/mol. The van der Waals surface area contributed by atoms with Gasteiger partial charge in [0.1, 0.15) is 5.75 Å². The highest BCUT2D eigenvalue weighted by Crippen LogP contribution is 2.28. The lowest BCUT2D eigenvalue weighted by atomic mass is 10.1. The number of benzene rings is 1. The maximum absolute atomic E-state index is 12.9. The normalized spacial score (nSPS) is 14.8. The van der Waals surface area contributed by atoms with Crippen LogP contribution in [-0.4, -0.2) is 54.6 Å². The van der Waals surface area contributed by atoms with Crippen molar-refractivity contribution in [3.05, 3.63) is 48.3 Å². The molecule has 2 aromatic rings. The minimum atomic E-state index is -0.0796. The number of carbonyl (C=O) groups is 1. The molecule has 1 aromatic carbocycles. The van der Waals surface area contributed by atoms with Gasteiger partial charge in [0.05, 0.1) is 24.0 Å². The molecule has 6 heteroatoms. The fourth-order valence-electron chi connectivity index (χ4n) is 3.28. The molecule has 144 valence electrons. The van der Waals surface area contributed by atoms with Crippen molar-refractivity contribution in [3.8, 4) is 5.75 Å². The van der Waals surface area contributed by atoms with Gasteiger partial charge in [-0.15, -0.1) is 0 Å². The van der Waals surface area contributed by atoms with E-state index in [-0.39, 0.29) is 11.4 Å². The summed E-state index contributed by atoms with van der Waals surface area (Å²) in [5.74, 6) is 0.891. The van der Waals surface area contributed by atoms with E-state index in [0.29, 0.717) is 18.7 Å².